The highest BCUT2D eigenvalue weighted by Crippen LogP contribution is 2.23. The molecule has 3 amide bonds. The number of sulfonamides is 1. The van der Waals surface area contributed by atoms with Crippen LogP contribution in [0.3, 0.4) is 0 Å². The summed E-state index contributed by atoms with van der Waals surface area (Å²) in [5, 5.41) is 2.83. The Labute approximate surface area is 166 Å². The van der Waals surface area contributed by atoms with Gasteiger partial charge in [0.25, 0.3) is 0 Å². The molecule has 1 N–H and O–H groups in total. The zero-order chi connectivity index (χ0) is 20.3. The van der Waals surface area contributed by atoms with Crippen molar-refractivity contribution in [2.45, 2.75) is 30.6 Å². The molecule has 0 spiro atoms. The summed E-state index contributed by atoms with van der Waals surface area (Å²) >= 11 is 0. The van der Waals surface area contributed by atoms with Crippen molar-refractivity contribution >= 4 is 27.6 Å². The zero-order valence-electron chi connectivity index (χ0n) is 16.4. The van der Waals surface area contributed by atoms with E-state index in [-0.39, 0.29) is 22.8 Å². The van der Waals surface area contributed by atoms with E-state index >= 15 is 0 Å². The first-order valence-corrected chi connectivity index (χ1v) is 11.1. The molecule has 1 aromatic rings. The van der Waals surface area contributed by atoms with E-state index in [1.807, 2.05) is 9.80 Å². The lowest BCUT2D eigenvalue weighted by atomic mass is 9.96. The molecule has 0 unspecified atom stereocenters. The van der Waals surface area contributed by atoms with Gasteiger partial charge in [0.15, 0.2) is 0 Å². The van der Waals surface area contributed by atoms with Crippen LogP contribution in [0.25, 0.3) is 0 Å². The lowest BCUT2D eigenvalue weighted by Crippen LogP contribution is -2.47. The highest BCUT2D eigenvalue weighted by Gasteiger charge is 2.30. The summed E-state index contributed by atoms with van der Waals surface area (Å²) in [7, 11) is -0.612. The molecule has 3 rings (SSSR count). The smallest absolute Gasteiger partial charge is 0.319 e. The van der Waals surface area contributed by atoms with E-state index in [1.165, 1.54) is 26.2 Å². The van der Waals surface area contributed by atoms with E-state index in [4.69, 9.17) is 0 Å². The fraction of sp³-hybridized carbons (Fsp3) is 0.579. The molecule has 0 radical (unpaired) electrons. The average Bonchev–Trinajstić information content (AvgIpc) is 3.22. The molecule has 8 nitrogen and oxygen atoms in total. The van der Waals surface area contributed by atoms with Gasteiger partial charge in [0, 0.05) is 51.9 Å². The van der Waals surface area contributed by atoms with Gasteiger partial charge in [-0.2, -0.15) is 0 Å². The normalized spacial score (nSPS) is 18.5. The summed E-state index contributed by atoms with van der Waals surface area (Å²) in [6.07, 6.45) is 3.35. The number of amides is 3. The number of benzene rings is 1. The number of nitrogens with one attached hydrogen (secondary N) is 1. The van der Waals surface area contributed by atoms with Crippen molar-refractivity contribution in [1.29, 1.82) is 0 Å². The van der Waals surface area contributed by atoms with Crippen LogP contribution in [0.1, 0.15) is 25.7 Å². The number of piperidine rings is 1. The summed E-state index contributed by atoms with van der Waals surface area (Å²) in [5.41, 5.74) is 0.462. The predicted octanol–water partition coefficient (Wildman–Crippen LogP) is 1.80. The number of anilines is 1. The standard InChI is InChI=1S/C19H28N4O4S/c1-21(2)28(26,27)17-7-5-6-16(14-17)20-18(24)15-8-12-23(13-9-15)19(25)22-10-3-4-11-22/h5-7,14-15H,3-4,8-13H2,1-2H3,(H,20,24). The van der Waals surface area contributed by atoms with Crippen LogP contribution in [0.5, 0.6) is 0 Å². The molecular weight excluding hydrogens is 380 g/mol. The number of nitrogens with zero attached hydrogens (tertiary/aromatic N) is 3. The second-order valence-electron chi connectivity index (χ2n) is 7.54. The minimum atomic E-state index is -3.55. The number of hydrogen-bond donors (Lipinski definition) is 1. The molecule has 1 aromatic carbocycles. The Kier molecular flexibility index (Phi) is 6.24. The molecular formula is C19H28N4O4S. The largest absolute Gasteiger partial charge is 0.326 e. The second-order valence-corrected chi connectivity index (χ2v) is 9.69. The fourth-order valence-electron chi connectivity index (χ4n) is 3.63. The fourth-order valence-corrected chi connectivity index (χ4v) is 4.58. The SMILES string of the molecule is CN(C)S(=O)(=O)c1cccc(NC(=O)C2CCN(C(=O)N3CCCC3)CC2)c1. The zero-order valence-corrected chi connectivity index (χ0v) is 17.2. The number of likely N-dealkylation sites (tertiary alicyclic amines) is 2. The molecule has 0 bridgehead atoms. The van der Waals surface area contributed by atoms with E-state index in [1.54, 1.807) is 12.1 Å². The van der Waals surface area contributed by atoms with Gasteiger partial charge in [0.05, 0.1) is 4.90 Å². The van der Waals surface area contributed by atoms with Crippen molar-refractivity contribution in [3.8, 4) is 0 Å². The number of urea groups is 1. The van der Waals surface area contributed by atoms with Crippen LogP contribution in [-0.2, 0) is 14.8 Å². The van der Waals surface area contributed by atoms with Gasteiger partial charge in [-0.05, 0) is 43.9 Å². The third-order valence-corrected chi connectivity index (χ3v) is 7.20. The van der Waals surface area contributed by atoms with Gasteiger partial charge >= 0.3 is 6.03 Å². The Hall–Kier alpha value is -2.13. The van der Waals surface area contributed by atoms with Gasteiger partial charge in [-0.3, -0.25) is 4.79 Å². The van der Waals surface area contributed by atoms with Crippen LogP contribution in [0, 0.1) is 5.92 Å². The Balaban J connectivity index is 1.57. The quantitative estimate of drug-likeness (QED) is 0.823. The van der Waals surface area contributed by atoms with Crippen molar-refractivity contribution in [1.82, 2.24) is 14.1 Å². The Morgan fingerprint density at radius 3 is 2.25 bits per heavy atom. The molecule has 0 aliphatic carbocycles. The molecule has 0 atom stereocenters. The first kappa shape index (κ1) is 20.6. The van der Waals surface area contributed by atoms with E-state index in [0.717, 1.165) is 30.2 Å². The van der Waals surface area contributed by atoms with Gasteiger partial charge in [0.1, 0.15) is 0 Å². The minimum Gasteiger partial charge on any atom is -0.326 e. The van der Waals surface area contributed by atoms with Crippen molar-refractivity contribution in [2.24, 2.45) is 5.92 Å². The van der Waals surface area contributed by atoms with E-state index < -0.39 is 10.0 Å². The lowest BCUT2D eigenvalue weighted by Gasteiger charge is -2.34. The second kappa shape index (κ2) is 8.48. The van der Waals surface area contributed by atoms with Crippen molar-refractivity contribution in [2.75, 3.05) is 45.6 Å². The van der Waals surface area contributed by atoms with Gasteiger partial charge in [0.2, 0.25) is 15.9 Å². The Bertz CT molecular complexity index is 826. The lowest BCUT2D eigenvalue weighted by molar-refractivity contribution is -0.121. The van der Waals surface area contributed by atoms with Gasteiger partial charge in [-0.25, -0.2) is 17.5 Å². The first-order valence-electron chi connectivity index (χ1n) is 9.66. The average molecular weight is 409 g/mol. The summed E-state index contributed by atoms with van der Waals surface area (Å²) in [5.74, 6) is -0.315. The molecule has 2 saturated heterocycles. The van der Waals surface area contributed by atoms with Crippen LogP contribution in [-0.4, -0.2) is 74.7 Å². The molecule has 28 heavy (non-hydrogen) atoms. The Morgan fingerprint density at radius 2 is 1.64 bits per heavy atom. The maximum absolute atomic E-state index is 12.6. The maximum atomic E-state index is 12.6. The molecule has 2 aliphatic rings. The molecule has 154 valence electrons. The number of rotatable bonds is 4. The predicted molar refractivity (Wildman–Crippen MR) is 106 cm³/mol. The highest BCUT2D eigenvalue weighted by molar-refractivity contribution is 7.89. The van der Waals surface area contributed by atoms with Gasteiger partial charge in [-0.15, -0.1) is 0 Å². The van der Waals surface area contributed by atoms with Gasteiger partial charge in [-0.1, -0.05) is 6.07 Å². The van der Waals surface area contributed by atoms with E-state index in [9.17, 15) is 18.0 Å². The molecule has 0 saturated carbocycles. The van der Waals surface area contributed by atoms with Crippen LogP contribution in [0.2, 0.25) is 0 Å². The van der Waals surface area contributed by atoms with Crippen LogP contribution in [0.4, 0.5) is 10.5 Å². The highest BCUT2D eigenvalue weighted by atomic mass is 32.2. The van der Waals surface area contributed by atoms with Crippen LogP contribution >= 0.6 is 0 Å². The van der Waals surface area contributed by atoms with Crippen molar-refractivity contribution < 1.29 is 18.0 Å². The van der Waals surface area contributed by atoms with E-state index in [2.05, 4.69) is 5.32 Å². The summed E-state index contributed by atoms with van der Waals surface area (Å²) in [6.45, 7) is 2.79. The van der Waals surface area contributed by atoms with Crippen molar-refractivity contribution in [3.63, 3.8) is 0 Å². The number of carbonyl (C=O) groups excluding carboxylic acids is 2. The molecule has 0 aromatic heterocycles. The first-order chi connectivity index (χ1) is 13.3. The summed E-state index contributed by atoms with van der Waals surface area (Å²) in [6, 6.07) is 6.35. The monoisotopic (exact) mass is 408 g/mol. The Morgan fingerprint density at radius 1 is 1.04 bits per heavy atom. The molecule has 2 heterocycles. The summed E-state index contributed by atoms with van der Waals surface area (Å²) < 4.78 is 25.6. The maximum Gasteiger partial charge on any atom is 0.319 e. The third kappa shape index (κ3) is 4.47. The minimum absolute atomic E-state index is 0.0814. The van der Waals surface area contributed by atoms with Crippen molar-refractivity contribution in [3.05, 3.63) is 24.3 Å². The third-order valence-electron chi connectivity index (χ3n) is 5.39. The molecule has 2 aliphatic heterocycles. The van der Waals surface area contributed by atoms with Gasteiger partial charge < -0.3 is 15.1 Å². The number of carbonyl (C=O) groups is 2. The topological polar surface area (TPSA) is 90.0 Å². The van der Waals surface area contributed by atoms with E-state index in [0.29, 0.717) is 31.6 Å². The van der Waals surface area contributed by atoms with Crippen LogP contribution in [0.15, 0.2) is 29.2 Å². The number of hydrogen-bond acceptors (Lipinski definition) is 4. The molecule has 2 fully saturated rings. The van der Waals surface area contributed by atoms with Crippen LogP contribution < -0.4 is 5.32 Å². The summed E-state index contributed by atoms with van der Waals surface area (Å²) in [4.78, 5) is 28.9. The molecule has 9 heteroatoms.